The Morgan fingerprint density at radius 3 is 2.47 bits per heavy atom. The van der Waals surface area contributed by atoms with Crippen molar-refractivity contribution in [3.05, 3.63) is 23.5 Å². The molecule has 1 aromatic rings. The molecule has 5 rings (SSSR count). The molecule has 0 aromatic carbocycles. The van der Waals surface area contributed by atoms with Crippen molar-refractivity contribution in [2.24, 2.45) is 29.1 Å². The fourth-order valence-electron chi connectivity index (χ4n) is 7.75. The second-order valence-electron chi connectivity index (χ2n) is 14.0. The number of alkyl halides is 4. The summed E-state index contributed by atoms with van der Waals surface area (Å²) in [6.07, 6.45) is -1.83. The van der Waals surface area contributed by atoms with Crippen LogP contribution in [0.25, 0.3) is 0 Å². The molecule has 1 aromatic heterocycles. The number of likely N-dealkylation sites (tertiary alicyclic amines) is 1. The number of carbonyl (C=O) groups is 3. The van der Waals surface area contributed by atoms with Gasteiger partial charge in [0.05, 0.1) is 18.9 Å². The summed E-state index contributed by atoms with van der Waals surface area (Å²) >= 11 is 0. The third-order valence-electron chi connectivity index (χ3n) is 9.80. The molecule has 3 heterocycles. The quantitative estimate of drug-likeness (QED) is 0.492. The lowest BCUT2D eigenvalue weighted by atomic mass is 9.76. The molecule has 1 saturated heterocycles. The lowest BCUT2D eigenvalue weighted by Gasteiger charge is -2.37. The number of nitrogens with one attached hydrogen (secondary N) is 2. The van der Waals surface area contributed by atoms with Gasteiger partial charge in [-0.25, -0.2) is 4.39 Å². The predicted octanol–water partition coefficient (Wildman–Crippen LogP) is 3.74. The largest absolute Gasteiger partial charge is 0.492 e. The number of nitrogens with zero attached hydrogens (tertiary/aromatic N) is 3. The fraction of sp³-hybridized carbons (Fsp3) is 0.700. The van der Waals surface area contributed by atoms with Crippen LogP contribution in [0.5, 0.6) is 5.75 Å². The minimum Gasteiger partial charge on any atom is -0.492 e. The minimum absolute atomic E-state index is 0.0460. The van der Waals surface area contributed by atoms with Gasteiger partial charge in [-0.05, 0) is 53.8 Å². The van der Waals surface area contributed by atoms with Gasteiger partial charge in [-0.2, -0.15) is 18.4 Å². The third kappa shape index (κ3) is 5.42. The van der Waals surface area contributed by atoms with Gasteiger partial charge in [0.1, 0.15) is 30.0 Å². The molecule has 3 fully saturated rings. The number of aromatic nitrogens is 1. The van der Waals surface area contributed by atoms with Crippen molar-refractivity contribution in [2.75, 3.05) is 13.2 Å². The zero-order chi connectivity index (χ0) is 31.6. The van der Waals surface area contributed by atoms with E-state index < -0.39 is 70.9 Å². The van der Waals surface area contributed by atoms with Gasteiger partial charge < -0.3 is 20.3 Å². The van der Waals surface area contributed by atoms with Crippen molar-refractivity contribution >= 4 is 17.7 Å². The van der Waals surface area contributed by atoms with Gasteiger partial charge in [0.2, 0.25) is 11.8 Å². The fourth-order valence-corrected chi connectivity index (χ4v) is 7.75. The number of hydrogen-bond donors (Lipinski definition) is 2. The number of ether oxygens (including phenoxy) is 1. The van der Waals surface area contributed by atoms with Gasteiger partial charge >= 0.3 is 12.1 Å². The molecule has 2 saturated carbocycles. The third-order valence-corrected chi connectivity index (χ3v) is 9.80. The number of amides is 3. The van der Waals surface area contributed by atoms with E-state index in [9.17, 15) is 32.8 Å². The zero-order valence-corrected chi connectivity index (χ0v) is 24.8. The highest BCUT2D eigenvalue weighted by Gasteiger charge is 2.63. The van der Waals surface area contributed by atoms with Crippen LogP contribution in [0.4, 0.5) is 17.6 Å². The van der Waals surface area contributed by atoms with Crippen LogP contribution >= 0.6 is 0 Å². The van der Waals surface area contributed by atoms with Gasteiger partial charge in [-0.3, -0.25) is 19.4 Å². The Morgan fingerprint density at radius 1 is 1.14 bits per heavy atom. The van der Waals surface area contributed by atoms with Crippen LogP contribution in [0.1, 0.15) is 71.0 Å². The molecule has 0 radical (unpaired) electrons. The molecular formula is C30H37F4N5O4. The maximum absolute atomic E-state index is 15.0. The van der Waals surface area contributed by atoms with E-state index in [4.69, 9.17) is 4.74 Å². The van der Waals surface area contributed by atoms with Gasteiger partial charge in [0, 0.05) is 23.9 Å². The van der Waals surface area contributed by atoms with Crippen LogP contribution in [0.15, 0.2) is 12.4 Å². The molecule has 43 heavy (non-hydrogen) atoms. The van der Waals surface area contributed by atoms with E-state index in [0.717, 1.165) is 5.56 Å². The molecule has 8 unspecified atom stereocenters. The first kappa shape index (κ1) is 31.0. The highest BCUT2D eigenvalue weighted by molar-refractivity contribution is 5.94. The molecule has 2 aliphatic heterocycles. The molecule has 2 bridgehead atoms. The number of nitriles is 1. The second kappa shape index (κ2) is 10.6. The summed E-state index contributed by atoms with van der Waals surface area (Å²) in [6, 6.07) is -1.91. The van der Waals surface area contributed by atoms with Crippen molar-refractivity contribution < 1.29 is 36.7 Å². The van der Waals surface area contributed by atoms with Crippen LogP contribution in [0, 0.1) is 40.4 Å². The number of pyridine rings is 1. The Kier molecular flexibility index (Phi) is 7.66. The minimum atomic E-state index is -5.22. The Balaban J connectivity index is 1.49. The molecule has 2 aliphatic carbocycles. The van der Waals surface area contributed by atoms with Crippen molar-refractivity contribution in [3.63, 3.8) is 0 Å². The summed E-state index contributed by atoms with van der Waals surface area (Å²) in [4.78, 5) is 45.4. The maximum atomic E-state index is 15.0. The Hall–Kier alpha value is -3.43. The molecule has 13 heteroatoms. The molecule has 9 nitrogen and oxygen atoms in total. The first-order chi connectivity index (χ1) is 20.0. The summed E-state index contributed by atoms with van der Waals surface area (Å²) in [5.41, 5.74) is -0.376. The van der Waals surface area contributed by atoms with E-state index in [-0.39, 0.29) is 18.4 Å². The second-order valence-corrected chi connectivity index (χ2v) is 14.0. The summed E-state index contributed by atoms with van der Waals surface area (Å²) in [5.74, 6) is -4.69. The summed E-state index contributed by atoms with van der Waals surface area (Å²) < 4.78 is 60.5. The highest BCUT2D eigenvalue weighted by Crippen LogP contribution is 2.58. The first-order valence-corrected chi connectivity index (χ1v) is 14.6. The lowest BCUT2D eigenvalue weighted by Crippen LogP contribution is -2.60. The summed E-state index contributed by atoms with van der Waals surface area (Å²) in [6.45, 7) is 9.04. The van der Waals surface area contributed by atoms with Gasteiger partial charge in [0.25, 0.3) is 0 Å². The smallest absolute Gasteiger partial charge is 0.471 e. The summed E-state index contributed by atoms with van der Waals surface area (Å²) in [5, 5.41) is 14.8. The average molecular weight is 608 g/mol. The molecule has 0 spiro atoms. The van der Waals surface area contributed by atoms with Crippen LogP contribution < -0.4 is 15.4 Å². The lowest BCUT2D eigenvalue weighted by molar-refractivity contribution is -0.176. The molecular weight excluding hydrogens is 570 g/mol. The monoisotopic (exact) mass is 607 g/mol. The number of fused-ring (bicyclic) bond motifs is 6. The Bertz CT molecular complexity index is 1350. The number of rotatable bonds is 5. The van der Waals surface area contributed by atoms with Gasteiger partial charge in [-0.1, -0.05) is 34.6 Å². The van der Waals surface area contributed by atoms with Gasteiger partial charge in [0.15, 0.2) is 0 Å². The maximum Gasteiger partial charge on any atom is 0.471 e. The van der Waals surface area contributed by atoms with Crippen LogP contribution in [-0.2, 0) is 19.8 Å². The molecule has 8 atom stereocenters. The van der Waals surface area contributed by atoms with E-state index in [0.29, 0.717) is 37.2 Å². The zero-order valence-electron chi connectivity index (χ0n) is 24.8. The van der Waals surface area contributed by atoms with Crippen molar-refractivity contribution in [1.29, 1.82) is 5.26 Å². The van der Waals surface area contributed by atoms with E-state index in [1.54, 1.807) is 6.20 Å². The number of carbonyl (C=O) groups excluding carboxylic acids is 3. The molecule has 4 aliphatic rings. The standard InChI is InChI=1S/C30H37F4N5O4/c1-28(2,3)24(38-27(42)30(32,33)34)26(41)39-13-17-14-8-15(18(31)9-14)21(17)23(39)25(40)37-19(10-35)16-11-36-12-20-22(16)29(4,5)6-7-43-20/h11-12,14-15,17-19,21,23-24H,6-9,13H2,1-5H3,(H,37,40)(H,38,42). The SMILES string of the molecule is CC1(C)CCOc2cncc(C(C#N)NC(=O)C3C4C5CC(CC5F)C4CN3C(=O)C(NC(=O)C(F)(F)F)C(C)(C)C)c21. The number of hydrogen-bond acceptors (Lipinski definition) is 6. The molecule has 234 valence electrons. The van der Waals surface area contributed by atoms with Crippen molar-refractivity contribution in [1.82, 2.24) is 20.5 Å². The highest BCUT2D eigenvalue weighted by atomic mass is 19.4. The van der Waals surface area contributed by atoms with E-state index in [2.05, 4.69) is 16.4 Å². The predicted molar refractivity (Wildman–Crippen MR) is 145 cm³/mol. The van der Waals surface area contributed by atoms with Crippen LogP contribution in [0.2, 0.25) is 0 Å². The van der Waals surface area contributed by atoms with E-state index in [1.165, 1.54) is 31.9 Å². The Labute approximate surface area is 247 Å². The summed E-state index contributed by atoms with van der Waals surface area (Å²) in [7, 11) is 0. The van der Waals surface area contributed by atoms with Crippen molar-refractivity contribution in [3.8, 4) is 11.8 Å². The van der Waals surface area contributed by atoms with Gasteiger partial charge in [-0.15, -0.1) is 0 Å². The van der Waals surface area contributed by atoms with E-state index >= 15 is 4.39 Å². The normalized spacial score (nSPS) is 30.4. The van der Waals surface area contributed by atoms with Crippen LogP contribution in [0.3, 0.4) is 0 Å². The topological polar surface area (TPSA) is 124 Å². The molecule has 2 N–H and O–H groups in total. The first-order valence-electron chi connectivity index (χ1n) is 14.6. The average Bonchev–Trinajstić information content (AvgIpc) is 3.58. The van der Waals surface area contributed by atoms with Crippen LogP contribution in [-0.4, -0.2) is 65.2 Å². The van der Waals surface area contributed by atoms with E-state index in [1.807, 2.05) is 19.2 Å². The van der Waals surface area contributed by atoms with Crippen molar-refractivity contribution in [2.45, 2.75) is 89.8 Å². The Morgan fingerprint density at radius 2 is 1.84 bits per heavy atom. The molecule has 3 amide bonds. The number of halogens is 4.